The molecule has 0 amide bonds. The van der Waals surface area contributed by atoms with Gasteiger partial charge in [-0.25, -0.2) is 8.42 Å². The monoisotopic (exact) mass is 392 g/mol. The summed E-state index contributed by atoms with van der Waals surface area (Å²) in [6.45, 7) is 2.11. The molecule has 0 saturated carbocycles. The van der Waals surface area contributed by atoms with E-state index in [1.807, 2.05) is 0 Å². The number of unbranched alkanes of at least 4 members (excludes halogenated alkanes) is 5. The van der Waals surface area contributed by atoms with Crippen molar-refractivity contribution in [3.05, 3.63) is 0 Å². The fourth-order valence-corrected chi connectivity index (χ4v) is 6.25. The third kappa shape index (κ3) is 8.35. The van der Waals surface area contributed by atoms with Crippen LogP contribution in [0.4, 0.5) is 0 Å². The van der Waals surface area contributed by atoms with Gasteiger partial charge in [0.15, 0.2) is 9.84 Å². The van der Waals surface area contributed by atoms with Gasteiger partial charge in [-0.2, -0.15) is 0 Å². The van der Waals surface area contributed by atoms with Gasteiger partial charge in [-0.05, 0) is 32.1 Å². The van der Waals surface area contributed by atoms with Gasteiger partial charge in [-0.1, -0.05) is 45.4 Å². The number of carboxylic acid groups (broad SMARTS) is 1. The zero-order chi connectivity index (χ0) is 19.6. The molecule has 0 radical (unpaired) electrons. The summed E-state index contributed by atoms with van der Waals surface area (Å²) in [4.78, 5) is 10.5. The van der Waals surface area contributed by atoms with Crippen LogP contribution in [0, 0.1) is 5.92 Å². The van der Waals surface area contributed by atoms with Crippen LogP contribution >= 0.6 is 0 Å². The van der Waals surface area contributed by atoms with Gasteiger partial charge in [0.25, 0.3) is 0 Å². The Morgan fingerprint density at radius 3 is 2.38 bits per heavy atom. The van der Waals surface area contributed by atoms with Crippen molar-refractivity contribution in [3.63, 3.8) is 0 Å². The largest absolute Gasteiger partial charge is 0.481 e. The van der Waals surface area contributed by atoms with Gasteiger partial charge in [-0.3, -0.25) is 4.79 Å². The fourth-order valence-electron chi connectivity index (χ4n) is 3.91. The molecule has 154 valence electrons. The van der Waals surface area contributed by atoms with Crippen molar-refractivity contribution in [1.82, 2.24) is 0 Å². The Morgan fingerprint density at radius 1 is 1.04 bits per heavy atom. The van der Waals surface area contributed by atoms with E-state index in [9.17, 15) is 23.4 Å². The minimum Gasteiger partial charge on any atom is -0.481 e. The maximum Gasteiger partial charge on any atom is 0.303 e. The first-order valence-electron chi connectivity index (χ1n) is 10.1. The van der Waals surface area contributed by atoms with Crippen LogP contribution in [0.1, 0.15) is 84.0 Å². The van der Waals surface area contributed by atoms with Crippen LogP contribution < -0.4 is 0 Å². The van der Waals surface area contributed by atoms with Crippen molar-refractivity contribution in [2.45, 2.75) is 101 Å². The molecule has 1 heterocycles. The first kappa shape index (κ1) is 23.4. The molecular formula is C19H36O6S. The summed E-state index contributed by atoms with van der Waals surface area (Å²) in [6, 6.07) is 0. The van der Waals surface area contributed by atoms with E-state index < -0.39 is 33.3 Å². The number of aliphatic hydroxyl groups excluding tert-OH is 2. The Kier molecular flexibility index (Phi) is 10.7. The molecule has 6 nitrogen and oxygen atoms in total. The van der Waals surface area contributed by atoms with E-state index in [1.54, 1.807) is 0 Å². The first-order chi connectivity index (χ1) is 12.3. The zero-order valence-corrected chi connectivity index (χ0v) is 16.8. The average Bonchev–Trinajstić information content (AvgIpc) is 2.77. The van der Waals surface area contributed by atoms with Crippen LogP contribution in [-0.4, -0.2) is 52.9 Å². The Bertz CT molecular complexity index is 504. The fraction of sp³-hybridized carbons (Fsp3) is 0.947. The Morgan fingerprint density at radius 2 is 1.73 bits per heavy atom. The smallest absolute Gasteiger partial charge is 0.303 e. The second-order valence-corrected chi connectivity index (χ2v) is 9.94. The highest BCUT2D eigenvalue weighted by Crippen LogP contribution is 2.35. The molecule has 7 heteroatoms. The highest BCUT2D eigenvalue weighted by molar-refractivity contribution is 7.92. The van der Waals surface area contributed by atoms with Gasteiger partial charge in [0.1, 0.15) is 0 Å². The highest BCUT2D eigenvalue weighted by Gasteiger charge is 2.45. The lowest BCUT2D eigenvalue weighted by atomic mass is 9.89. The molecule has 3 N–H and O–H groups in total. The van der Waals surface area contributed by atoms with Gasteiger partial charge >= 0.3 is 5.97 Å². The predicted octanol–water partition coefficient (Wildman–Crippen LogP) is 2.91. The molecule has 1 saturated heterocycles. The molecule has 4 atom stereocenters. The molecule has 4 unspecified atom stereocenters. The maximum atomic E-state index is 12.3. The molecule has 1 rings (SSSR count). The van der Waals surface area contributed by atoms with E-state index in [1.165, 1.54) is 0 Å². The number of hydrogen-bond acceptors (Lipinski definition) is 5. The first-order valence-corrected chi connectivity index (χ1v) is 11.8. The van der Waals surface area contributed by atoms with Gasteiger partial charge in [0.05, 0.1) is 23.2 Å². The second-order valence-electron chi connectivity index (χ2n) is 7.67. The molecule has 1 aliphatic heterocycles. The summed E-state index contributed by atoms with van der Waals surface area (Å²) >= 11 is 0. The summed E-state index contributed by atoms with van der Waals surface area (Å²) < 4.78 is 24.7. The van der Waals surface area contributed by atoms with Crippen molar-refractivity contribution in [3.8, 4) is 0 Å². The van der Waals surface area contributed by atoms with Crippen molar-refractivity contribution >= 4 is 15.8 Å². The number of rotatable bonds is 14. The van der Waals surface area contributed by atoms with Crippen molar-refractivity contribution in [2.75, 3.05) is 5.75 Å². The standard InChI is InChI=1S/C19H36O6S/c1-2-3-6-9-15(20)12-13-16-17(21)14-26(24,25)18(16)10-7-4-5-8-11-19(22)23/h15-18,20-21H,2-14H2,1H3,(H,22,23). The van der Waals surface area contributed by atoms with Crippen LogP contribution in [0.15, 0.2) is 0 Å². The van der Waals surface area contributed by atoms with E-state index in [4.69, 9.17) is 5.11 Å². The molecule has 0 bridgehead atoms. The van der Waals surface area contributed by atoms with E-state index >= 15 is 0 Å². The second kappa shape index (κ2) is 11.9. The predicted molar refractivity (Wildman–Crippen MR) is 102 cm³/mol. The topological polar surface area (TPSA) is 112 Å². The van der Waals surface area contributed by atoms with Crippen molar-refractivity contribution in [1.29, 1.82) is 0 Å². The third-order valence-electron chi connectivity index (χ3n) is 5.44. The molecule has 1 aliphatic rings. The molecule has 0 aromatic rings. The normalized spacial score (nSPS) is 26.0. The summed E-state index contributed by atoms with van der Waals surface area (Å²) in [5.41, 5.74) is 0. The van der Waals surface area contributed by atoms with E-state index in [0.29, 0.717) is 25.7 Å². The van der Waals surface area contributed by atoms with Crippen molar-refractivity contribution < 1.29 is 28.5 Å². The minimum atomic E-state index is -3.29. The lowest BCUT2D eigenvalue weighted by Gasteiger charge is -2.22. The Labute approximate surface area is 157 Å². The van der Waals surface area contributed by atoms with Gasteiger partial charge < -0.3 is 15.3 Å². The van der Waals surface area contributed by atoms with E-state index in [2.05, 4.69) is 6.92 Å². The molecular weight excluding hydrogens is 356 g/mol. The summed E-state index contributed by atoms with van der Waals surface area (Å²) in [5.74, 6) is -1.27. The van der Waals surface area contributed by atoms with Gasteiger partial charge in [0.2, 0.25) is 0 Å². The summed E-state index contributed by atoms with van der Waals surface area (Å²) in [7, 11) is -3.29. The number of carbonyl (C=O) groups is 1. The van der Waals surface area contributed by atoms with Crippen LogP contribution in [0.5, 0.6) is 0 Å². The summed E-state index contributed by atoms with van der Waals surface area (Å²) in [6.07, 6.45) is 7.31. The molecule has 0 aliphatic carbocycles. The van der Waals surface area contributed by atoms with Gasteiger partial charge in [0, 0.05) is 12.3 Å². The SMILES string of the molecule is CCCCCC(O)CCC1C(O)CS(=O)(=O)C1CCCCCCC(=O)O. The number of sulfone groups is 1. The van der Waals surface area contributed by atoms with E-state index in [-0.39, 0.29) is 18.1 Å². The van der Waals surface area contributed by atoms with Crippen LogP contribution in [0.25, 0.3) is 0 Å². The van der Waals surface area contributed by atoms with Gasteiger partial charge in [-0.15, -0.1) is 0 Å². The highest BCUT2D eigenvalue weighted by atomic mass is 32.2. The molecule has 26 heavy (non-hydrogen) atoms. The lowest BCUT2D eigenvalue weighted by molar-refractivity contribution is -0.137. The van der Waals surface area contributed by atoms with Crippen molar-refractivity contribution in [2.24, 2.45) is 5.92 Å². The Balaban J connectivity index is 2.42. The number of aliphatic carboxylic acids is 1. The molecule has 0 aromatic heterocycles. The average molecular weight is 393 g/mol. The maximum absolute atomic E-state index is 12.3. The minimum absolute atomic E-state index is 0.152. The van der Waals surface area contributed by atoms with Crippen LogP contribution in [0.2, 0.25) is 0 Å². The van der Waals surface area contributed by atoms with Crippen LogP contribution in [-0.2, 0) is 14.6 Å². The number of hydrogen-bond donors (Lipinski definition) is 3. The summed E-state index contributed by atoms with van der Waals surface area (Å²) in [5, 5.41) is 28.4. The zero-order valence-electron chi connectivity index (χ0n) is 16.0. The Hall–Kier alpha value is -0.660. The molecule has 0 spiro atoms. The molecule has 1 fully saturated rings. The number of aliphatic hydroxyl groups is 2. The molecule has 0 aromatic carbocycles. The van der Waals surface area contributed by atoms with E-state index in [0.717, 1.165) is 44.9 Å². The lowest BCUT2D eigenvalue weighted by Crippen LogP contribution is -2.27. The number of carboxylic acids is 1. The third-order valence-corrected chi connectivity index (χ3v) is 7.75. The van der Waals surface area contributed by atoms with Crippen LogP contribution in [0.3, 0.4) is 0 Å². The quantitative estimate of drug-likeness (QED) is 0.392.